The first-order valence-corrected chi connectivity index (χ1v) is 7.82. The quantitative estimate of drug-likeness (QED) is 0.864. The molecule has 2 saturated heterocycles. The standard InChI is InChI=1S/C16H24N4O/c1-12-8-13(15(17)21)9-14(19-12)20-7-3-5-16(11-20)4-2-6-18-10-16/h8-9,18H,2-7,10-11H2,1H3,(H2,17,21). The van der Waals surface area contributed by atoms with Gasteiger partial charge in [-0.25, -0.2) is 4.98 Å². The van der Waals surface area contributed by atoms with Gasteiger partial charge in [0.2, 0.25) is 5.91 Å². The van der Waals surface area contributed by atoms with Crippen LogP contribution in [0.2, 0.25) is 0 Å². The Labute approximate surface area is 125 Å². The first kappa shape index (κ1) is 14.3. The van der Waals surface area contributed by atoms with E-state index in [1.54, 1.807) is 6.07 Å². The molecule has 3 heterocycles. The lowest BCUT2D eigenvalue weighted by molar-refractivity contribution is 0.1000. The zero-order chi connectivity index (χ0) is 14.9. The summed E-state index contributed by atoms with van der Waals surface area (Å²) < 4.78 is 0. The molecule has 0 saturated carbocycles. The zero-order valence-electron chi connectivity index (χ0n) is 12.7. The van der Waals surface area contributed by atoms with Crippen molar-refractivity contribution in [3.8, 4) is 0 Å². The Morgan fingerprint density at radius 1 is 1.38 bits per heavy atom. The summed E-state index contributed by atoms with van der Waals surface area (Å²) in [5.41, 5.74) is 7.20. The SMILES string of the molecule is Cc1cc(C(N)=O)cc(N2CCCC3(CCCNC3)C2)n1. The monoisotopic (exact) mass is 288 g/mol. The summed E-state index contributed by atoms with van der Waals surface area (Å²) in [4.78, 5) is 18.4. The number of primary amides is 1. The lowest BCUT2D eigenvalue weighted by Crippen LogP contribution is -2.51. The van der Waals surface area contributed by atoms with Gasteiger partial charge in [-0.05, 0) is 51.3 Å². The summed E-state index contributed by atoms with van der Waals surface area (Å²) in [6.45, 7) is 6.18. The zero-order valence-corrected chi connectivity index (χ0v) is 12.7. The fourth-order valence-electron chi connectivity index (χ4n) is 3.74. The second-order valence-electron chi connectivity index (χ2n) is 6.53. The highest BCUT2D eigenvalue weighted by Crippen LogP contribution is 2.37. The van der Waals surface area contributed by atoms with Crippen LogP contribution in [-0.2, 0) is 0 Å². The molecule has 1 aromatic heterocycles. The molecular weight excluding hydrogens is 264 g/mol. The molecule has 21 heavy (non-hydrogen) atoms. The Bertz CT molecular complexity index is 532. The molecule has 1 unspecified atom stereocenters. The van der Waals surface area contributed by atoms with Crippen LogP contribution in [0.15, 0.2) is 12.1 Å². The number of aromatic nitrogens is 1. The van der Waals surface area contributed by atoms with Gasteiger partial charge in [-0.15, -0.1) is 0 Å². The van der Waals surface area contributed by atoms with Crippen LogP contribution in [0, 0.1) is 12.3 Å². The number of nitrogens with one attached hydrogen (secondary N) is 1. The molecule has 5 nitrogen and oxygen atoms in total. The number of piperidine rings is 2. The van der Waals surface area contributed by atoms with Crippen molar-refractivity contribution in [2.45, 2.75) is 32.6 Å². The van der Waals surface area contributed by atoms with Gasteiger partial charge in [0.25, 0.3) is 0 Å². The molecule has 0 bridgehead atoms. The molecule has 0 aliphatic carbocycles. The van der Waals surface area contributed by atoms with E-state index >= 15 is 0 Å². The molecule has 0 radical (unpaired) electrons. The number of pyridine rings is 1. The van der Waals surface area contributed by atoms with Crippen LogP contribution in [0.4, 0.5) is 5.82 Å². The molecule has 0 aromatic carbocycles. The van der Waals surface area contributed by atoms with Crippen LogP contribution < -0.4 is 16.0 Å². The van der Waals surface area contributed by atoms with Crippen LogP contribution in [0.3, 0.4) is 0 Å². The molecular formula is C16H24N4O. The number of amides is 1. The Kier molecular flexibility index (Phi) is 3.85. The van der Waals surface area contributed by atoms with Crippen molar-refractivity contribution >= 4 is 11.7 Å². The fraction of sp³-hybridized carbons (Fsp3) is 0.625. The molecule has 114 valence electrons. The average Bonchev–Trinajstić information content (AvgIpc) is 2.47. The second-order valence-corrected chi connectivity index (χ2v) is 6.53. The van der Waals surface area contributed by atoms with Crippen molar-refractivity contribution in [2.24, 2.45) is 11.1 Å². The molecule has 5 heteroatoms. The van der Waals surface area contributed by atoms with Gasteiger partial charge in [0.15, 0.2) is 0 Å². The number of carbonyl (C=O) groups is 1. The van der Waals surface area contributed by atoms with Gasteiger partial charge in [-0.1, -0.05) is 0 Å². The van der Waals surface area contributed by atoms with E-state index in [-0.39, 0.29) is 5.91 Å². The van der Waals surface area contributed by atoms with Gasteiger partial charge in [-0.2, -0.15) is 0 Å². The van der Waals surface area contributed by atoms with E-state index in [9.17, 15) is 4.79 Å². The highest BCUT2D eigenvalue weighted by Gasteiger charge is 2.37. The van der Waals surface area contributed by atoms with Crippen LogP contribution in [0.1, 0.15) is 41.7 Å². The molecule has 1 aromatic rings. The summed E-state index contributed by atoms with van der Waals surface area (Å²) in [6.07, 6.45) is 5.00. The maximum absolute atomic E-state index is 11.4. The maximum atomic E-state index is 11.4. The lowest BCUT2D eigenvalue weighted by Gasteiger charge is -2.46. The van der Waals surface area contributed by atoms with E-state index < -0.39 is 0 Å². The molecule has 2 fully saturated rings. The first-order valence-electron chi connectivity index (χ1n) is 7.82. The predicted molar refractivity (Wildman–Crippen MR) is 83.5 cm³/mol. The minimum absolute atomic E-state index is 0.370. The molecule has 1 amide bonds. The lowest BCUT2D eigenvalue weighted by atomic mass is 9.74. The van der Waals surface area contributed by atoms with Crippen molar-refractivity contribution in [3.63, 3.8) is 0 Å². The fourth-order valence-corrected chi connectivity index (χ4v) is 3.74. The van der Waals surface area contributed by atoms with Crippen molar-refractivity contribution in [1.82, 2.24) is 10.3 Å². The normalized spacial score (nSPS) is 26.0. The summed E-state index contributed by atoms with van der Waals surface area (Å²) in [6, 6.07) is 3.60. The highest BCUT2D eigenvalue weighted by molar-refractivity contribution is 5.93. The Morgan fingerprint density at radius 3 is 2.90 bits per heavy atom. The highest BCUT2D eigenvalue weighted by atomic mass is 16.1. The largest absolute Gasteiger partial charge is 0.366 e. The predicted octanol–water partition coefficient (Wildman–Crippen LogP) is 1.46. The van der Waals surface area contributed by atoms with Gasteiger partial charge in [-0.3, -0.25) is 4.79 Å². The molecule has 3 N–H and O–H groups in total. The molecule has 2 aliphatic rings. The van der Waals surface area contributed by atoms with Gasteiger partial charge in [0, 0.05) is 36.3 Å². The number of nitrogens with two attached hydrogens (primary N) is 1. The summed E-state index contributed by atoms with van der Waals surface area (Å²) >= 11 is 0. The molecule has 2 aliphatic heterocycles. The Balaban J connectivity index is 1.84. The topological polar surface area (TPSA) is 71.2 Å². The Morgan fingerprint density at radius 2 is 2.19 bits per heavy atom. The van der Waals surface area contributed by atoms with Crippen LogP contribution in [0.5, 0.6) is 0 Å². The number of nitrogens with zero attached hydrogens (tertiary/aromatic N) is 2. The number of anilines is 1. The molecule has 1 spiro atoms. The average molecular weight is 288 g/mol. The van der Waals surface area contributed by atoms with Gasteiger partial charge in [0.05, 0.1) is 0 Å². The third-order valence-electron chi connectivity index (χ3n) is 4.77. The van der Waals surface area contributed by atoms with Crippen LogP contribution in [-0.4, -0.2) is 37.1 Å². The van der Waals surface area contributed by atoms with E-state index in [2.05, 4.69) is 15.2 Å². The van der Waals surface area contributed by atoms with Gasteiger partial charge >= 0.3 is 0 Å². The molecule has 1 atom stereocenters. The van der Waals surface area contributed by atoms with E-state index in [1.807, 2.05) is 13.0 Å². The van der Waals surface area contributed by atoms with Crippen LogP contribution >= 0.6 is 0 Å². The Hall–Kier alpha value is -1.62. The van der Waals surface area contributed by atoms with E-state index in [0.717, 1.165) is 37.7 Å². The third-order valence-corrected chi connectivity index (χ3v) is 4.77. The number of carbonyl (C=O) groups excluding carboxylic acids is 1. The smallest absolute Gasteiger partial charge is 0.248 e. The van der Waals surface area contributed by atoms with Gasteiger partial charge < -0.3 is 16.0 Å². The van der Waals surface area contributed by atoms with Crippen molar-refractivity contribution in [2.75, 3.05) is 31.1 Å². The number of aryl methyl sites for hydroxylation is 1. The number of rotatable bonds is 2. The van der Waals surface area contributed by atoms with Crippen molar-refractivity contribution in [3.05, 3.63) is 23.4 Å². The first-order chi connectivity index (χ1) is 10.1. The molecule has 3 rings (SSSR count). The maximum Gasteiger partial charge on any atom is 0.248 e. The summed E-state index contributed by atoms with van der Waals surface area (Å²) in [7, 11) is 0. The van der Waals surface area contributed by atoms with Crippen molar-refractivity contribution < 1.29 is 4.79 Å². The third kappa shape index (κ3) is 3.02. The van der Waals surface area contributed by atoms with E-state index in [0.29, 0.717) is 11.0 Å². The second kappa shape index (κ2) is 5.64. The minimum Gasteiger partial charge on any atom is -0.366 e. The van der Waals surface area contributed by atoms with Crippen molar-refractivity contribution in [1.29, 1.82) is 0 Å². The van der Waals surface area contributed by atoms with E-state index in [4.69, 9.17) is 5.73 Å². The number of hydrogen-bond donors (Lipinski definition) is 2. The van der Waals surface area contributed by atoms with Crippen LogP contribution in [0.25, 0.3) is 0 Å². The minimum atomic E-state index is -0.382. The number of hydrogen-bond acceptors (Lipinski definition) is 4. The van der Waals surface area contributed by atoms with E-state index in [1.165, 1.54) is 25.7 Å². The van der Waals surface area contributed by atoms with Gasteiger partial charge in [0.1, 0.15) is 5.82 Å². The summed E-state index contributed by atoms with van der Waals surface area (Å²) in [5.74, 6) is 0.515. The summed E-state index contributed by atoms with van der Waals surface area (Å²) in [5, 5.41) is 3.54.